The Morgan fingerprint density at radius 1 is 1.58 bits per heavy atom. The number of methoxy groups -OCH3 is 1. The summed E-state index contributed by atoms with van der Waals surface area (Å²) in [5, 5.41) is 9.33. The standard InChI is InChI=1S/C8H9BO3/c1-12-6-2-5(4-10)8(11)7(9)3-6/h2-4,11H,9H2,1H3. The zero-order valence-electron chi connectivity index (χ0n) is 7.00. The van der Waals surface area contributed by atoms with Gasteiger partial charge in [-0.2, -0.15) is 0 Å². The number of carbonyl (C=O) groups excluding carboxylic acids is 1. The van der Waals surface area contributed by atoms with Gasteiger partial charge < -0.3 is 9.84 Å². The quantitative estimate of drug-likeness (QED) is 0.472. The van der Waals surface area contributed by atoms with E-state index in [-0.39, 0.29) is 11.3 Å². The van der Waals surface area contributed by atoms with Crippen LogP contribution in [0.3, 0.4) is 0 Å². The smallest absolute Gasteiger partial charge is 0.153 e. The van der Waals surface area contributed by atoms with Gasteiger partial charge in [-0.15, -0.1) is 0 Å². The zero-order valence-corrected chi connectivity index (χ0v) is 7.00. The molecule has 0 aliphatic heterocycles. The van der Waals surface area contributed by atoms with Crippen molar-refractivity contribution in [3.63, 3.8) is 0 Å². The van der Waals surface area contributed by atoms with Crippen LogP contribution in [-0.2, 0) is 0 Å². The third-order valence-corrected chi connectivity index (χ3v) is 1.67. The van der Waals surface area contributed by atoms with Gasteiger partial charge in [0.15, 0.2) is 6.29 Å². The third kappa shape index (κ3) is 1.42. The molecule has 0 saturated carbocycles. The minimum absolute atomic E-state index is 0.0193. The van der Waals surface area contributed by atoms with Crippen molar-refractivity contribution in [1.29, 1.82) is 0 Å². The molecule has 1 aromatic carbocycles. The van der Waals surface area contributed by atoms with Crippen molar-refractivity contribution >= 4 is 19.6 Å². The number of carbonyl (C=O) groups is 1. The van der Waals surface area contributed by atoms with Gasteiger partial charge in [-0.1, -0.05) is 0 Å². The van der Waals surface area contributed by atoms with Gasteiger partial charge in [-0.05, 0) is 17.6 Å². The summed E-state index contributed by atoms with van der Waals surface area (Å²) in [7, 11) is 3.23. The maximum atomic E-state index is 10.4. The first-order valence-electron chi connectivity index (χ1n) is 3.52. The maximum absolute atomic E-state index is 10.4. The van der Waals surface area contributed by atoms with E-state index in [4.69, 9.17) is 4.74 Å². The lowest BCUT2D eigenvalue weighted by Crippen LogP contribution is -2.06. The van der Waals surface area contributed by atoms with Gasteiger partial charge >= 0.3 is 0 Å². The molecule has 1 N–H and O–H groups in total. The number of ether oxygens (including phenoxy) is 1. The van der Waals surface area contributed by atoms with Crippen LogP contribution in [0.1, 0.15) is 10.4 Å². The van der Waals surface area contributed by atoms with E-state index in [1.165, 1.54) is 13.2 Å². The van der Waals surface area contributed by atoms with Crippen LogP contribution in [0.15, 0.2) is 12.1 Å². The number of hydrogen-bond acceptors (Lipinski definition) is 3. The van der Waals surface area contributed by atoms with Crippen molar-refractivity contribution in [3.8, 4) is 11.5 Å². The average Bonchev–Trinajstić information content (AvgIpc) is 2.09. The highest BCUT2D eigenvalue weighted by Crippen LogP contribution is 2.18. The minimum atomic E-state index is 0.0193. The molecule has 3 nitrogen and oxygen atoms in total. The van der Waals surface area contributed by atoms with Crippen molar-refractivity contribution in [2.75, 3.05) is 7.11 Å². The van der Waals surface area contributed by atoms with Crippen molar-refractivity contribution in [2.24, 2.45) is 0 Å². The van der Waals surface area contributed by atoms with Gasteiger partial charge in [0.2, 0.25) is 0 Å². The van der Waals surface area contributed by atoms with Crippen LogP contribution in [0.2, 0.25) is 0 Å². The Labute approximate surface area is 71.4 Å². The summed E-state index contributed by atoms with van der Waals surface area (Å²) in [4.78, 5) is 10.4. The van der Waals surface area contributed by atoms with E-state index in [0.29, 0.717) is 17.5 Å². The van der Waals surface area contributed by atoms with E-state index in [1.807, 2.05) is 0 Å². The van der Waals surface area contributed by atoms with E-state index in [9.17, 15) is 9.90 Å². The Bertz CT molecular complexity index is 309. The SMILES string of the molecule is Bc1cc(OC)cc(C=O)c1O. The second-order valence-corrected chi connectivity index (χ2v) is 2.50. The molecule has 0 heterocycles. The van der Waals surface area contributed by atoms with Gasteiger partial charge in [0.25, 0.3) is 0 Å². The first kappa shape index (κ1) is 8.65. The molecule has 0 bridgehead atoms. The van der Waals surface area contributed by atoms with Crippen molar-refractivity contribution in [1.82, 2.24) is 0 Å². The van der Waals surface area contributed by atoms with E-state index in [1.54, 1.807) is 13.9 Å². The fourth-order valence-corrected chi connectivity index (χ4v) is 0.980. The Morgan fingerprint density at radius 2 is 2.25 bits per heavy atom. The predicted molar refractivity (Wildman–Crippen MR) is 48.2 cm³/mol. The maximum Gasteiger partial charge on any atom is 0.153 e. The number of rotatable bonds is 2. The molecule has 0 spiro atoms. The summed E-state index contributed by atoms with van der Waals surface area (Å²) in [6.45, 7) is 0. The molecule has 62 valence electrons. The molecule has 0 aromatic heterocycles. The highest BCUT2D eigenvalue weighted by atomic mass is 16.5. The molecule has 0 amide bonds. The van der Waals surface area contributed by atoms with Crippen LogP contribution in [0.5, 0.6) is 11.5 Å². The number of benzene rings is 1. The lowest BCUT2D eigenvalue weighted by Gasteiger charge is -2.05. The largest absolute Gasteiger partial charge is 0.508 e. The van der Waals surface area contributed by atoms with E-state index in [0.717, 1.165) is 0 Å². The number of phenolic OH excluding ortho intramolecular Hbond substituents is 1. The molecule has 1 rings (SSSR count). The van der Waals surface area contributed by atoms with Crippen molar-refractivity contribution in [3.05, 3.63) is 17.7 Å². The topological polar surface area (TPSA) is 46.5 Å². The van der Waals surface area contributed by atoms with Crippen LogP contribution in [0, 0.1) is 0 Å². The first-order valence-corrected chi connectivity index (χ1v) is 3.52. The van der Waals surface area contributed by atoms with Gasteiger partial charge in [0, 0.05) is 0 Å². The normalized spacial score (nSPS) is 9.42. The zero-order chi connectivity index (χ0) is 9.14. The van der Waals surface area contributed by atoms with Crippen molar-refractivity contribution < 1.29 is 14.6 Å². The molecule has 0 saturated heterocycles. The highest BCUT2D eigenvalue weighted by molar-refractivity contribution is 6.35. The summed E-state index contributed by atoms with van der Waals surface area (Å²) in [5.74, 6) is 0.596. The van der Waals surface area contributed by atoms with Crippen LogP contribution >= 0.6 is 0 Å². The van der Waals surface area contributed by atoms with Crippen LogP contribution in [-0.4, -0.2) is 26.3 Å². The molecule has 0 aliphatic rings. The second kappa shape index (κ2) is 3.30. The summed E-state index contributed by atoms with van der Waals surface area (Å²) >= 11 is 0. The molecule has 12 heavy (non-hydrogen) atoms. The number of hydrogen-bond donors (Lipinski definition) is 1. The monoisotopic (exact) mass is 164 g/mol. The van der Waals surface area contributed by atoms with E-state index in [2.05, 4.69) is 0 Å². The van der Waals surface area contributed by atoms with E-state index >= 15 is 0 Å². The molecule has 0 atom stereocenters. The third-order valence-electron chi connectivity index (χ3n) is 1.67. The van der Waals surface area contributed by atoms with Crippen LogP contribution in [0.4, 0.5) is 0 Å². The molecule has 0 aliphatic carbocycles. The molecule has 1 aromatic rings. The Morgan fingerprint density at radius 3 is 2.75 bits per heavy atom. The average molecular weight is 164 g/mol. The van der Waals surface area contributed by atoms with Crippen LogP contribution in [0.25, 0.3) is 0 Å². The summed E-state index contributed by atoms with van der Waals surface area (Å²) in [6, 6.07) is 3.16. The Hall–Kier alpha value is -1.45. The lowest BCUT2D eigenvalue weighted by atomic mass is 9.92. The number of aromatic hydroxyl groups is 1. The second-order valence-electron chi connectivity index (χ2n) is 2.50. The summed E-state index contributed by atoms with van der Waals surface area (Å²) in [5.41, 5.74) is 0.892. The molecule has 0 radical (unpaired) electrons. The highest BCUT2D eigenvalue weighted by Gasteiger charge is 2.05. The number of phenols is 1. The summed E-state index contributed by atoms with van der Waals surface area (Å²) < 4.78 is 4.92. The summed E-state index contributed by atoms with van der Waals surface area (Å²) in [6.07, 6.45) is 0.602. The Kier molecular flexibility index (Phi) is 2.38. The first-order chi connectivity index (χ1) is 5.69. The fraction of sp³-hybridized carbons (Fsp3) is 0.125. The van der Waals surface area contributed by atoms with Gasteiger partial charge in [0.1, 0.15) is 19.3 Å². The van der Waals surface area contributed by atoms with Gasteiger partial charge in [0.05, 0.1) is 12.7 Å². The molecule has 0 unspecified atom stereocenters. The Balaban J connectivity index is 3.28. The molecular formula is C8H9BO3. The van der Waals surface area contributed by atoms with Gasteiger partial charge in [-0.25, -0.2) is 0 Å². The number of aldehydes is 1. The van der Waals surface area contributed by atoms with E-state index < -0.39 is 0 Å². The lowest BCUT2D eigenvalue weighted by molar-refractivity contribution is 0.112. The fourth-order valence-electron chi connectivity index (χ4n) is 0.980. The molecular weight excluding hydrogens is 155 g/mol. The van der Waals surface area contributed by atoms with Crippen molar-refractivity contribution in [2.45, 2.75) is 0 Å². The molecule has 0 fully saturated rings. The van der Waals surface area contributed by atoms with Crippen LogP contribution < -0.4 is 10.2 Å². The minimum Gasteiger partial charge on any atom is -0.508 e. The predicted octanol–water partition coefficient (Wildman–Crippen LogP) is -0.528. The molecule has 4 heteroatoms. The van der Waals surface area contributed by atoms with Gasteiger partial charge in [-0.3, -0.25) is 4.79 Å².